The summed E-state index contributed by atoms with van der Waals surface area (Å²) in [6, 6.07) is 1.90. The molecule has 0 fully saturated rings. The van der Waals surface area contributed by atoms with Crippen LogP contribution < -0.4 is 5.14 Å². The van der Waals surface area contributed by atoms with Crippen molar-refractivity contribution in [2.45, 2.75) is 31.3 Å². The Balaban J connectivity index is 2.34. The van der Waals surface area contributed by atoms with E-state index in [4.69, 9.17) is 5.14 Å². The molecule has 0 aliphatic carbocycles. The minimum atomic E-state index is -4.21. The van der Waals surface area contributed by atoms with Gasteiger partial charge in [0.15, 0.2) is 0 Å². The fourth-order valence-corrected chi connectivity index (χ4v) is 2.35. The highest BCUT2D eigenvalue weighted by atomic mass is 32.2. The molecule has 2 aromatic heterocycles. The maximum atomic E-state index is 11.3. The minimum absolute atomic E-state index is 0.107. The van der Waals surface area contributed by atoms with Crippen LogP contribution in [0.1, 0.15) is 25.6 Å². The molecule has 2 heterocycles. The summed E-state index contributed by atoms with van der Waals surface area (Å²) in [5.41, 5.74) is 0.599. The molecule has 114 valence electrons. The van der Waals surface area contributed by atoms with Gasteiger partial charge in [0.1, 0.15) is 6.54 Å². The Kier molecular flexibility index (Phi) is 3.78. The normalized spacial score (nSPS) is 12.0. The summed E-state index contributed by atoms with van der Waals surface area (Å²) in [5, 5.41) is 23.6. The molecular formula is C10H14N6O4S. The first-order chi connectivity index (χ1) is 9.68. The van der Waals surface area contributed by atoms with Crippen molar-refractivity contribution in [2.75, 3.05) is 0 Å². The lowest BCUT2D eigenvalue weighted by atomic mass is 10.4. The molecule has 2 N–H and O–H groups in total. The third-order valence-electron chi connectivity index (χ3n) is 2.71. The number of primary sulfonamides is 1. The van der Waals surface area contributed by atoms with E-state index in [1.807, 2.05) is 13.8 Å². The van der Waals surface area contributed by atoms with E-state index in [9.17, 15) is 18.5 Å². The lowest BCUT2D eigenvalue weighted by molar-refractivity contribution is -0.392. The van der Waals surface area contributed by atoms with Crippen LogP contribution in [-0.2, 0) is 16.6 Å². The van der Waals surface area contributed by atoms with Gasteiger partial charge in [-0.15, -0.1) is 0 Å². The zero-order chi connectivity index (χ0) is 15.8. The molecule has 0 aliphatic heterocycles. The number of nitrogens with two attached hydrogens (primary N) is 1. The molecule has 0 aliphatic rings. The Hall–Kier alpha value is -2.27. The summed E-state index contributed by atoms with van der Waals surface area (Å²) in [7, 11) is -4.21. The molecule has 0 saturated carbocycles. The third kappa shape index (κ3) is 3.25. The molecule has 0 unspecified atom stereocenters. The summed E-state index contributed by atoms with van der Waals surface area (Å²) < 4.78 is 25.5. The fraction of sp³-hybridized carbons (Fsp3) is 0.400. The molecule has 0 atom stereocenters. The van der Waals surface area contributed by atoms with E-state index >= 15 is 0 Å². The van der Waals surface area contributed by atoms with Crippen molar-refractivity contribution >= 4 is 15.8 Å². The van der Waals surface area contributed by atoms with Crippen molar-refractivity contribution in [3.05, 3.63) is 34.3 Å². The van der Waals surface area contributed by atoms with Gasteiger partial charge in [-0.3, -0.25) is 4.68 Å². The van der Waals surface area contributed by atoms with Crippen LogP contribution in [0.15, 0.2) is 23.4 Å². The van der Waals surface area contributed by atoms with Gasteiger partial charge in [0.2, 0.25) is 14.9 Å². The average molecular weight is 314 g/mol. The Morgan fingerprint density at radius 3 is 2.52 bits per heavy atom. The van der Waals surface area contributed by atoms with Gasteiger partial charge in [-0.25, -0.2) is 13.6 Å². The Bertz CT molecular complexity index is 775. The first kappa shape index (κ1) is 15.1. The number of hydrogen-bond acceptors (Lipinski definition) is 6. The lowest BCUT2D eigenvalue weighted by Crippen LogP contribution is -2.13. The predicted octanol–water partition coefficient (Wildman–Crippen LogP) is 0.264. The summed E-state index contributed by atoms with van der Waals surface area (Å²) in [6.07, 6.45) is 2.79. The van der Waals surface area contributed by atoms with Gasteiger partial charge in [0.25, 0.3) is 0 Å². The number of sulfonamides is 1. The van der Waals surface area contributed by atoms with Gasteiger partial charge in [-0.2, -0.15) is 9.78 Å². The maximum Gasteiger partial charge on any atom is 0.410 e. The van der Waals surface area contributed by atoms with Crippen molar-refractivity contribution in [3.63, 3.8) is 0 Å². The average Bonchev–Trinajstić information content (AvgIpc) is 2.95. The molecule has 2 aromatic rings. The fourth-order valence-electron chi connectivity index (χ4n) is 1.72. The number of nitro groups is 1. The molecule has 0 radical (unpaired) electrons. The molecule has 0 bridgehead atoms. The molecule has 0 amide bonds. The van der Waals surface area contributed by atoms with Crippen LogP contribution in [0.4, 0.5) is 5.82 Å². The standard InChI is InChI=1S/C10H14N6O4S/c1-7(2)15-4-3-8(12-15)5-14-6-9(21(11,19)20)10(13-14)16(17)18/h3-4,6-7H,5H2,1-2H3,(H2,11,19,20). The van der Waals surface area contributed by atoms with E-state index in [0.29, 0.717) is 5.69 Å². The molecule has 0 spiro atoms. The van der Waals surface area contributed by atoms with Crippen LogP contribution in [0.25, 0.3) is 0 Å². The second-order valence-corrected chi connectivity index (χ2v) is 6.23. The van der Waals surface area contributed by atoms with Crippen molar-refractivity contribution in [1.29, 1.82) is 0 Å². The lowest BCUT2D eigenvalue weighted by Gasteiger charge is -2.03. The first-order valence-electron chi connectivity index (χ1n) is 5.97. The zero-order valence-corrected chi connectivity index (χ0v) is 12.2. The van der Waals surface area contributed by atoms with E-state index in [1.54, 1.807) is 16.9 Å². The van der Waals surface area contributed by atoms with Crippen LogP contribution in [0, 0.1) is 10.1 Å². The SMILES string of the molecule is CC(C)n1ccc(Cn2cc(S(N)(=O)=O)c([N+](=O)[O-])n2)n1. The molecule has 10 nitrogen and oxygen atoms in total. The van der Waals surface area contributed by atoms with Crippen LogP contribution in [-0.4, -0.2) is 32.9 Å². The Morgan fingerprint density at radius 2 is 2.10 bits per heavy atom. The Labute approximate surface area is 120 Å². The van der Waals surface area contributed by atoms with E-state index in [2.05, 4.69) is 10.2 Å². The van der Waals surface area contributed by atoms with Gasteiger partial charge in [0.05, 0.1) is 17.0 Å². The molecule has 0 aromatic carbocycles. The summed E-state index contributed by atoms with van der Waals surface area (Å²) in [4.78, 5) is 9.32. The largest absolute Gasteiger partial charge is 0.410 e. The monoisotopic (exact) mass is 314 g/mol. The van der Waals surface area contributed by atoms with Gasteiger partial charge in [0, 0.05) is 12.2 Å². The van der Waals surface area contributed by atoms with Gasteiger partial charge < -0.3 is 10.1 Å². The molecule has 21 heavy (non-hydrogen) atoms. The molecule has 0 saturated heterocycles. The van der Waals surface area contributed by atoms with Crippen LogP contribution in [0.2, 0.25) is 0 Å². The quantitative estimate of drug-likeness (QED) is 0.620. The minimum Gasteiger partial charge on any atom is -0.358 e. The van der Waals surface area contributed by atoms with E-state index in [-0.39, 0.29) is 12.6 Å². The topological polar surface area (TPSA) is 139 Å². The van der Waals surface area contributed by atoms with Crippen molar-refractivity contribution < 1.29 is 13.3 Å². The number of aromatic nitrogens is 4. The number of hydrogen-bond donors (Lipinski definition) is 1. The van der Waals surface area contributed by atoms with Gasteiger partial charge >= 0.3 is 5.82 Å². The first-order valence-corrected chi connectivity index (χ1v) is 7.52. The second-order valence-electron chi connectivity index (χ2n) is 4.70. The highest BCUT2D eigenvalue weighted by Gasteiger charge is 2.29. The van der Waals surface area contributed by atoms with Crippen LogP contribution >= 0.6 is 0 Å². The van der Waals surface area contributed by atoms with E-state index < -0.39 is 25.7 Å². The smallest absolute Gasteiger partial charge is 0.358 e. The van der Waals surface area contributed by atoms with Crippen LogP contribution in [0.3, 0.4) is 0 Å². The zero-order valence-electron chi connectivity index (χ0n) is 11.4. The summed E-state index contributed by atoms with van der Waals surface area (Å²) in [6.45, 7) is 4.01. The second kappa shape index (κ2) is 5.26. The molecule has 2 rings (SSSR count). The van der Waals surface area contributed by atoms with Gasteiger partial charge in [-0.05, 0) is 24.8 Å². The number of rotatable bonds is 5. The van der Waals surface area contributed by atoms with Crippen molar-refractivity contribution in [2.24, 2.45) is 5.14 Å². The predicted molar refractivity (Wildman–Crippen MR) is 72.0 cm³/mol. The molecular weight excluding hydrogens is 300 g/mol. The van der Waals surface area contributed by atoms with E-state index in [0.717, 1.165) is 10.9 Å². The van der Waals surface area contributed by atoms with Gasteiger partial charge in [-0.1, -0.05) is 0 Å². The maximum absolute atomic E-state index is 11.3. The third-order valence-corrected chi connectivity index (χ3v) is 3.61. The molecule has 11 heteroatoms. The Morgan fingerprint density at radius 1 is 1.43 bits per heavy atom. The highest BCUT2D eigenvalue weighted by molar-refractivity contribution is 7.89. The van der Waals surface area contributed by atoms with Crippen molar-refractivity contribution in [3.8, 4) is 0 Å². The van der Waals surface area contributed by atoms with Crippen molar-refractivity contribution in [1.82, 2.24) is 19.6 Å². The summed E-state index contributed by atoms with van der Waals surface area (Å²) >= 11 is 0. The number of nitrogens with zero attached hydrogens (tertiary/aromatic N) is 5. The van der Waals surface area contributed by atoms with E-state index in [1.165, 1.54) is 0 Å². The van der Waals surface area contributed by atoms with Crippen LogP contribution in [0.5, 0.6) is 0 Å². The summed E-state index contributed by atoms with van der Waals surface area (Å²) in [5.74, 6) is -0.791. The highest BCUT2D eigenvalue weighted by Crippen LogP contribution is 2.20.